The van der Waals surface area contributed by atoms with E-state index in [0.29, 0.717) is 51.2 Å². The van der Waals surface area contributed by atoms with Crippen LogP contribution in [-0.4, -0.2) is 42.0 Å². The molecular formula is C26H27N3O6S. The molecule has 0 saturated heterocycles. The van der Waals surface area contributed by atoms with E-state index in [1.165, 1.54) is 30.5 Å². The van der Waals surface area contributed by atoms with Gasteiger partial charge in [0.25, 0.3) is 5.56 Å². The largest absolute Gasteiger partial charge is 0.497 e. The van der Waals surface area contributed by atoms with E-state index in [4.69, 9.17) is 23.6 Å². The lowest BCUT2D eigenvalue weighted by Gasteiger charge is -2.18. The summed E-state index contributed by atoms with van der Waals surface area (Å²) in [5.74, 6) is 1.91. The Morgan fingerprint density at radius 2 is 1.86 bits per heavy atom. The van der Waals surface area contributed by atoms with Gasteiger partial charge in [0.05, 0.1) is 50.3 Å². The van der Waals surface area contributed by atoms with Crippen molar-refractivity contribution < 1.29 is 23.4 Å². The third-order valence-corrected chi connectivity index (χ3v) is 6.92. The minimum atomic E-state index is -0.511. The Bertz CT molecular complexity index is 1420. The van der Waals surface area contributed by atoms with E-state index in [1.54, 1.807) is 61.9 Å². The fraction of sp³-hybridized carbons (Fsp3) is 0.269. The predicted molar refractivity (Wildman–Crippen MR) is 138 cm³/mol. The molecule has 4 aromatic rings. The maximum absolute atomic E-state index is 13.6. The monoisotopic (exact) mass is 509 g/mol. The number of carbonyl (C=O) groups is 1. The van der Waals surface area contributed by atoms with E-state index in [1.807, 2.05) is 6.92 Å². The Balaban J connectivity index is 1.74. The number of nitrogens with one attached hydrogen (secondary N) is 1. The van der Waals surface area contributed by atoms with Gasteiger partial charge in [-0.25, -0.2) is 4.98 Å². The predicted octanol–water partition coefficient (Wildman–Crippen LogP) is 4.57. The number of anilines is 1. The Kier molecular flexibility index (Phi) is 7.84. The molecule has 0 radical (unpaired) electrons. The van der Waals surface area contributed by atoms with Gasteiger partial charge in [-0.2, -0.15) is 0 Å². The van der Waals surface area contributed by atoms with Crippen LogP contribution >= 0.6 is 11.8 Å². The number of benzene rings is 2. The van der Waals surface area contributed by atoms with Crippen molar-refractivity contribution in [3.05, 3.63) is 70.9 Å². The molecule has 0 fully saturated rings. The van der Waals surface area contributed by atoms with Gasteiger partial charge >= 0.3 is 0 Å². The summed E-state index contributed by atoms with van der Waals surface area (Å²) in [7, 11) is 4.60. The van der Waals surface area contributed by atoms with Gasteiger partial charge in [-0.15, -0.1) is 0 Å². The molecule has 0 aliphatic rings. The zero-order valence-electron chi connectivity index (χ0n) is 20.4. The highest BCUT2D eigenvalue weighted by Crippen LogP contribution is 2.32. The van der Waals surface area contributed by atoms with Crippen LogP contribution in [0.1, 0.15) is 19.1 Å². The molecule has 1 amide bonds. The molecule has 0 unspecified atom stereocenters. The summed E-state index contributed by atoms with van der Waals surface area (Å²) in [5.41, 5.74) is 0.788. The van der Waals surface area contributed by atoms with Gasteiger partial charge in [0, 0.05) is 17.8 Å². The molecule has 1 atom stereocenters. The standard InChI is InChI=1S/C26H27N3O6S/c1-5-23(24(30)27-16-8-6-9-17(12-16)32-2)36-26-28-20-14-22(34-4)21(33-3)13-19(20)25(31)29(26)15-18-10-7-11-35-18/h6-14,23H,5,15H2,1-4H3,(H,27,30)/t23-/m0/s1. The molecule has 4 rings (SSSR count). The molecule has 0 aliphatic carbocycles. The summed E-state index contributed by atoms with van der Waals surface area (Å²) in [5, 5.41) is 3.18. The van der Waals surface area contributed by atoms with Crippen molar-refractivity contribution >= 4 is 34.3 Å². The minimum Gasteiger partial charge on any atom is -0.497 e. The number of fused-ring (bicyclic) bond motifs is 1. The van der Waals surface area contributed by atoms with E-state index in [2.05, 4.69) is 5.32 Å². The number of methoxy groups -OCH3 is 3. The molecule has 1 N–H and O–H groups in total. The number of furan rings is 1. The lowest BCUT2D eigenvalue weighted by molar-refractivity contribution is -0.115. The first-order valence-corrected chi connectivity index (χ1v) is 12.2. The van der Waals surface area contributed by atoms with E-state index >= 15 is 0 Å². The van der Waals surface area contributed by atoms with E-state index in [9.17, 15) is 9.59 Å². The highest BCUT2D eigenvalue weighted by atomic mass is 32.2. The van der Waals surface area contributed by atoms with Crippen molar-refractivity contribution in [1.82, 2.24) is 9.55 Å². The van der Waals surface area contributed by atoms with Gasteiger partial charge in [0.2, 0.25) is 5.91 Å². The summed E-state index contributed by atoms with van der Waals surface area (Å²) in [6.45, 7) is 2.08. The van der Waals surface area contributed by atoms with Crippen molar-refractivity contribution in [3.63, 3.8) is 0 Å². The number of rotatable bonds is 10. The first-order chi connectivity index (χ1) is 17.5. The lowest BCUT2D eigenvalue weighted by atomic mass is 10.2. The molecule has 36 heavy (non-hydrogen) atoms. The van der Waals surface area contributed by atoms with Crippen LogP contribution in [0.25, 0.3) is 10.9 Å². The third-order valence-electron chi connectivity index (χ3n) is 5.57. The van der Waals surface area contributed by atoms with Gasteiger partial charge in [-0.05, 0) is 36.8 Å². The fourth-order valence-corrected chi connectivity index (χ4v) is 4.70. The summed E-state index contributed by atoms with van der Waals surface area (Å²) >= 11 is 1.22. The molecule has 188 valence electrons. The normalized spacial score (nSPS) is 11.8. The zero-order valence-corrected chi connectivity index (χ0v) is 21.3. The topological polar surface area (TPSA) is 105 Å². The number of nitrogens with zero attached hydrogens (tertiary/aromatic N) is 2. The van der Waals surface area contributed by atoms with Crippen molar-refractivity contribution in [2.75, 3.05) is 26.6 Å². The van der Waals surface area contributed by atoms with Gasteiger partial charge in [-0.3, -0.25) is 14.2 Å². The van der Waals surface area contributed by atoms with Crippen LogP contribution in [-0.2, 0) is 11.3 Å². The van der Waals surface area contributed by atoms with E-state index in [-0.39, 0.29) is 18.0 Å². The van der Waals surface area contributed by atoms with Crippen LogP contribution in [0.5, 0.6) is 17.2 Å². The summed E-state index contributed by atoms with van der Waals surface area (Å²) in [6, 6.07) is 14.0. The fourth-order valence-electron chi connectivity index (χ4n) is 3.69. The van der Waals surface area contributed by atoms with Crippen LogP contribution in [0.3, 0.4) is 0 Å². The third kappa shape index (κ3) is 5.33. The summed E-state index contributed by atoms with van der Waals surface area (Å²) < 4.78 is 23.0. The second-order valence-electron chi connectivity index (χ2n) is 7.83. The number of ether oxygens (including phenoxy) is 3. The minimum absolute atomic E-state index is 0.166. The molecule has 0 bridgehead atoms. The molecule has 2 heterocycles. The second kappa shape index (κ2) is 11.2. The number of hydrogen-bond donors (Lipinski definition) is 1. The van der Waals surface area contributed by atoms with Crippen molar-refractivity contribution in [1.29, 1.82) is 0 Å². The molecule has 0 spiro atoms. The number of hydrogen-bond acceptors (Lipinski definition) is 8. The van der Waals surface area contributed by atoms with Gasteiger partial charge in [-0.1, -0.05) is 24.8 Å². The Hall–Kier alpha value is -3.92. The van der Waals surface area contributed by atoms with Crippen LogP contribution in [0.2, 0.25) is 0 Å². The van der Waals surface area contributed by atoms with Crippen LogP contribution in [0.15, 0.2) is 69.2 Å². The summed E-state index contributed by atoms with van der Waals surface area (Å²) in [6.07, 6.45) is 2.06. The first kappa shape index (κ1) is 25.2. The number of amides is 1. The Morgan fingerprint density at radius 3 is 2.53 bits per heavy atom. The molecule has 2 aromatic heterocycles. The zero-order chi connectivity index (χ0) is 25.7. The van der Waals surface area contributed by atoms with E-state index < -0.39 is 5.25 Å². The maximum atomic E-state index is 13.6. The SMILES string of the molecule is CC[C@H](Sc1nc2cc(OC)c(OC)cc2c(=O)n1Cc1ccco1)C(=O)Nc1cccc(OC)c1. The molecular weight excluding hydrogens is 482 g/mol. The molecule has 0 aliphatic heterocycles. The second-order valence-corrected chi connectivity index (χ2v) is 9.00. The summed E-state index contributed by atoms with van der Waals surface area (Å²) in [4.78, 5) is 31.5. The highest BCUT2D eigenvalue weighted by Gasteiger charge is 2.23. The van der Waals surface area contributed by atoms with E-state index in [0.717, 1.165) is 0 Å². The smallest absolute Gasteiger partial charge is 0.262 e. The molecule has 9 nitrogen and oxygen atoms in total. The molecule has 2 aromatic carbocycles. The Morgan fingerprint density at radius 1 is 1.08 bits per heavy atom. The average molecular weight is 510 g/mol. The van der Waals surface area contributed by atoms with Crippen molar-refractivity contribution in [2.45, 2.75) is 30.3 Å². The number of carbonyl (C=O) groups excluding carboxylic acids is 1. The van der Waals surface area contributed by atoms with Crippen LogP contribution in [0, 0.1) is 0 Å². The van der Waals surface area contributed by atoms with Gasteiger partial charge in [0.1, 0.15) is 11.5 Å². The first-order valence-electron chi connectivity index (χ1n) is 11.3. The lowest BCUT2D eigenvalue weighted by Crippen LogP contribution is -2.28. The van der Waals surface area contributed by atoms with Crippen LogP contribution in [0.4, 0.5) is 5.69 Å². The average Bonchev–Trinajstić information content (AvgIpc) is 3.41. The molecule has 10 heteroatoms. The van der Waals surface area contributed by atoms with Gasteiger partial charge in [0.15, 0.2) is 16.7 Å². The molecule has 0 saturated carbocycles. The van der Waals surface area contributed by atoms with Gasteiger partial charge < -0.3 is 23.9 Å². The maximum Gasteiger partial charge on any atom is 0.262 e. The number of thioether (sulfide) groups is 1. The van der Waals surface area contributed by atoms with Crippen molar-refractivity contribution in [2.24, 2.45) is 0 Å². The quantitative estimate of drug-likeness (QED) is 0.245. The van der Waals surface area contributed by atoms with Crippen molar-refractivity contribution in [3.8, 4) is 17.2 Å². The highest BCUT2D eigenvalue weighted by molar-refractivity contribution is 8.00. The van der Waals surface area contributed by atoms with Crippen LogP contribution < -0.4 is 25.1 Å². The number of aromatic nitrogens is 2. The Labute approximate surface area is 212 Å².